The summed E-state index contributed by atoms with van der Waals surface area (Å²) in [6.07, 6.45) is 0. The van der Waals surface area contributed by atoms with Gasteiger partial charge >= 0.3 is 5.97 Å². The number of carbonyl (C=O) groups excluding carboxylic acids is 2. The molecule has 1 heterocycles. The van der Waals surface area contributed by atoms with Crippen molar-refractivity contribution in [3.8, 4) is 11.5 Å². The first-order valence-corrected chi connectivity index (χ1v) is 7.40. The summed E-state index contributed by atoms with van der Waals surface area (Å²) in [5, 5.41) is 0.635. The third-order valence-corrected chi connectivity index (χ3v) is 3.70. The number of rotatable bonds is 4. The maximum Gasteiger partial charge on any atom is 0.343 e. The second-order valence-electron chi connectivity index (χ2n) is 5.37. The zero-order valence-electron chi connectivity index (χ0n) is 13.6. The minimum atomic E-state index is -0.502. The third kappa shape index (κ3) is 2.88. The van der Waals surface area contributed by atoms with Crippen molar-refractivity contribution in [2.24, 2.45) is 0 Å². The summed E-state index contributed by atoms with van der Waals surface area (Å²) < 4.78 is 16.1. The number of hydrogen-bond acceptors (Lipinski definition) is 5. The Morgan fingerprint density at radius 3 is 2.54 bits per heavy atom. The SMILES string of the molecule is COc1cccc(C(=O)Oc2ccc3oc(C)c(C(C)=O)c3c2)c1. The van der Waals surface area contributed by atoms with Crippen LogP contribution in [-0.2, 0) is 0 Å². The van der Waals surface area contributed by atoms with E-state index in [1.165, 1.54) is 14.0 Å². The molecule has 0 radical (unpaired) electrons. The summed E-state index contributed by atoms with van der Waals surface area (Å²) in [4.78, 5) is 24.1. The third-order valence-electron chi connectivity index (χ3n) is 3.70. The lowest BCUT2D eigenvalue weighted by Gasteiger charge is -2.06. The Hall–Kier alpha value is -3.08. The second-order valence-corrected chi connectivity index (χ2v) is 5.37. The molecule has 1 aromatic heterocycles. The van der Waals surface area contributed by atoms with Crippen molar-refractivity contribution in [3.05, 3.63) is 59.4 Å². The summed E-state index contributed by atoms with van der Waals surface area (Å²) >= 11 is 0. The Morgan fingerprint density at radius 1 is 1.04 bits per heavy atom. The van der Waals surface area contributed by atoms with Crippen LogP contribution in [0.15, 0.2) is 46.9 Å². The van der Waals surface area contributed by atoms with E-state index < -0.39 is 5.97 Å². The first-order chi connectivity index (χ1) is 11.5. The van der Waals surface area contributed by atoms with Crippen LogP contribution >= 0.6 is 0 Å². The van der Waals surface area contributed by atoms with E-state index in [1.54, 1.807) is 49.4 Å². The Labute approximate surface area is 138 Å². The molecule has 0 fully saturated rings. The monoisotopic (exact) mass is 324 g/mol. The van der Waals surface area contributed by atoms with Crippen molar-refractivity contribution >= 4 is 22.7 Å². The van der Waals surface area contributed by atoms with Gasteiger partial charge in [-0.2, -0.15) is 0 Å². The number of aryl methyl sites for hydroxylation is 1. The van der Waals surface area contributed by atoms with E-state index >= 15 is 0 Å². The summed E-state index contributed by atoms with van der Waals surface area (Å²) in [5.74, 6) is 0.872. The van der Waals surface area contributed by atoms with E-state index in [-0.39, 0.29) is 5.78 Å². The number of esters is 1. The van der Waals surface area contributed by atoms with Crippen LogP contribution in [0.2, 0.25) is 0 Å². The fourth-order valence-electron chi connectivity index (χ4n) is 2.62. The van der Waals surface area contributed by atoms with Crippen molar-refractivity contribution in [2.75, 3.05) is 7.11 Å². The van der Waals surface area contributed by atoms with E-state index in [2.05, 4.69) is 0 Å². The molecule has 0 saturated carbocycles. The van der Waals surface area contributed by atoms with Crippen molar-refractivity contribution in [2.45, 2.75) is 13.8 Å². The van der Waals surface area contributed by atoms with Crippen molar-refractivity contribution < 1.29 is 23.5 Å². The highest BCUT2D eigenvalue weighted by Crippen LogP contribution is 2.29. The second kappa shape index (κ2) is 6.20. The number of hydrogen-bond donors (Lipinski definition) is 0. The highest BCUT2D eigenvalue weighted by molar-refractivity contribution is 6.07. The van der Waals surface area contributed by atoms with Gasteiger partial charge in [0.15, 0.2) is 5.78 Å². The molecule has 122 valence electrons. The molecule has 0 amide bonds. The van der Waals surface area contributed by atoms with Crippen LogP contribution in [0.1, 0.15) is 33.4 Å². The number of Topliss-reactive ketones (excluding diaryl/α,β-unsaturated/α-hetero) is 1. The van der Waals surface area contributed by atoms with Gasteiger partial charge in [0.05, 0.1) is 18.2 Å². The quantitative estimate of drug-likeness (QED) is 0.409. The number of ether oxygens (including phenoxy) is 2. The Balaban J connectivity index is 1.93. The number of methoxy groups -OCH3 is 1. The molecule has 0 aliphatic carbocycles. The molecule has 3 rings (SSSR count). The van der Waals surface area contributed by atoms with Crippen molar-refractivity contribution in [1.82, 2.24) is 0 Å². The van der Waals surface area contributed by atoms with Crippen LogP contribution < -0.4 is 9.47 Å². The van der Waals surface area contributed by atoms with Crippen LogP contribution in [0.5, 0.6) is 11.5 Å². The molecule has 0 atom stereocenters. The Kier molecular flexibility index (Phi) is 4.08. The maximum absolute atomic E-state index is 12.3. The lowest BCUT2D eigenvalue weighted by Crippen LogP contribution is -2.08. The van der Waals surface area contributed by atoms with Crippen molar-refractivity contribution in [3.63, 3.8) is 0 Å². The molecule has 0 bridgehead atoms. The molecule has 2 aromatic carbocycles. The molecule has 3 aromatic rings. The molecule has 0 spiro atoms. The molecule has 0 saturated heterocycles. The van der Waals surface area contributed by atoms with Crippen LogP contribution in [-0.4, -0.2) is 18.9 Å². The molecule has 5 nitrogen and oxygen atoms in total. The van der Waals surface area contributed by atoms with Gasteiger partial charge < -0.3 is 13.9 Å². The molecular weight excluding hydrogens is 308 g/mol. The average molecular weight is 324 g/mol. The maximum atomic E-state index is 12.3. The molecule has 0 aliphatic rings. The van der Waals surface area contributed by atoms with Gasteiger partial charge in [0, 0.05) is 5.39 Å². The zero-order chi connectivity index (χ0) is 17.3. The van der Waals surface area contributed by atoms with Gasteiger partial charge in [-0.05, 0) is 50.2 Å². The van der Waals surface area contributed by atoms with Crippen molar-refractivity contribution in [1.29, 1.82) is 0 Å². The van der Waals surface area contributed by atoms with Crippen LogP contribution in [0.25, 0.3) is 11.0 Å². The number of fused-ring (bicyclic) bond motifs is 1. The first kappa shape index (κ1) is 15.8. The standard InChI is InChI=1S/C19H16O5/c1-11(20)18-12(2)23-17-8-7-15(10-16(17)18)24-19(21)13-5-4-6-14(9-13)22-3/h4-10H,1-3H3. The summed E-state index contributed by atoms with van der Waals surface area (Å²) in [5.41, 5.74) is 1.47. The van der Waals surface area contributed by atoms with Gasteiger partial charge in [0.25, 0.3) is 0 Å². The molecule has 0 aliphatic heterocycles. The van der Waals surface area contributed by atoms with E-state index in [0.29, 0.717) is 39.4 Å². The molecule has 24 heavy (non-hydrogen) atoms. The lowest BCUT2D eigenvalue weighted by molar-refractivity contribution is 0.0734. The fraction of sp³-hybridized carbons (Fsp3) is 0.158. The van der Waals surface area contributed by atoms with Crippen LogP contribution in [0.3, 0.4) is 0 Å². The first-order valence-electron chi connectivity index (χ1n) is 7.40. The fourth-order valence-corrected chi connectivity index (χ4v) is 2.62. The largest absolute Gasteiger partial charge is 0.497 e. The molecule has 0 N–H and O–H groups in total. The van der Waals surface area contributed by atoms with Gasteiger partial charge in [-0.25, -0.2) is 4.79 Å². The van der Waals surface area contributed by atoms with Gasteiger partial charge in [0.2, 0.25) is 0 Å². The normalized spacial score (nSPS) is 10.6. The smallest absolute Gasteiger partial charge is 0.343 e. The zero-order valence-corrected chi connectivity index (χ0v) is 13.6. The summed E-state index contributed by atoms with van der Waals surface area (Å²) in [6.45, 7) is 3.21. The predicted octanol–water partition coefficient (Wildman–Crippen LogP) is 4.17. The number of benzene rings is 2. The number of carbonyl (C=O) groups is 2. The lowest BCUT2D eigenvalue weighted by atomic mass is 10.1. The molecule has 0 unspecified atom stereocenters. The number of furan rings is 1. The predicted molar refractivity (Wildman–Crippen MR) is 88.9 cm³/mol. The average Bonchev–Trinajstić information content (AvgIpc) is 2.90. The topological polar surface area (TPSA) is 65.7 Å². The van der Waals surface area contributed by atoms with Gasteiger partial charge in [-0.3, -0.25) is 4.79 Å². The van der Waals surface area contributed by atoms with Gasteiger partial charge in [-0.1, -0.05) is 6.07 Å². The summed E-state index contributed by atoms with van der Waals surface area (Å²) in [6, 6.07) is 11.7. The van der Waals surface area contributed by atoms with E-state index in [4.69, 9.17) is 13.9 Å². The summed E-state index contributed by atoms with van der Waals surface area (Å²) in [7, 11) is 1.53. The van der Waals surface area contributed by atoms with Gasteiger partial charge in [0.1, 0.15) is 22.8 Å². The molecule has 5 heteroatoms. The molecular formula is C19H16O5. The van der Waals surface area contributed by atoms with E-state index in [9.17, 15) is 9.59 Å². The highest BCUT2D eigenvalue weighted by atomic mass is 16.5. The highest BCUT2D eigenvalue weighted by Gasteiger charge is 2.17. The van der Waals surface area contributed by atoms with Crippen LogP contribution in [0, 0.1) is 6.92 Å². The van der Waals surface area contributed by atoms with Crippen LogP contribution in [0.4, 0.5) is 0 Å². The minimum absolute atomic E-state index is 0.0949. The van der Waals surface area contributed by atoms with Gasteiger partial charge in [-0.15, -0.1) is 0 Å². The van der Waals surface area contributed by atoms with E-state index in [1.807, 2.05) is 0 Å². The Morgan fingerprint density at radius 2 is 1.83 bits per heavy atom. The number of ketones is 1. The Bertz CT molecular complexity index is 936. The minimum Gasteiger partial charge on any atom is -0.497 e. The van der Waals surface area contributed by atoms with E-state index in [0.717, 1.165) is 0 Å².